The molecule has 5 nitrogen and oxygen atoms in total. The van der Waals surface area contributed by atoms with Crippen molar-refractivity contribution in [1.29, 1.82) is 0 Å². The predicted molar refractivity (Wildman–Crippen MR) is 63.1 cm³/mol. The minimum atomic E-state index is -0.131. The number of ether oxygens (including phenoxy) is 1. The van der Waals surface area contributed by atoms with Crippen molar-refractivity contribution in [2.75, 3.05) is 6.61 Å². The Bertz CT molecular complexity index is 465. The number of nitrogens with zero attached hydrogens (tertiary/aromatic N) is 3. The average Bonchev–Trinajstić information content (AvgIpc) is 2.85. The van der Waals surface area contributed by atoms with Crippen LogP contribution in [0, 0.1) is 0 Å². The quantitative estimate of drug-likeness (QED) is 0.851. The standard InChI is InChI=1S/C12H15N3O2/c1-2-7-17-11-5-3-10(4-6-11)15-9-13-14-12(15)8-16/h3-6,9,16H,2,7-8H2,1H3. The first-order chi connectivity index (χ1) is 8.35. The Morgan fingerprint density at radius 1 is 1.29 bits per heavy atom. The lowest BCUT2D eigenvalue weighted by Crippen LogP contribution is -2.00. The fourth-order valence-electron chi connectivity index (χ4n) is 1.51. The van der Waals surface area contributed by atoms with Gasteiger partial charge in [0.15, 0.2) is 5.82 Å². The number of aliphatic hydroxyl groups is 1. The zero-order valence-corrected chi connectivity index (χ0v) is 9.71. The third-order valence-electron chi connectivity index (χ3n) is 2.35. The van der Waals surface area contributed by atoms with E-state index in [0.29, 0.717) is 12.4 Å². The zero-order valence-electron chi connectivity index (χ0n) is 9.71. The zero-order chi connectivity index (χ0) is 12.1. The minimum Gasteiger partial charge on any atom is -0.494 e. The Kier molecular flexibility index (Phi) is 3.72. The molecule has 1 N–H and O–H groups in total. The van der Waals surface area contributed by atoms with Crippen molar-refractivity contribution in [2.24, 2.45) is 0 Å². The lowest BCUT2D eigenvalue weighted by atomic mass is 10.3. The maximum Gasteiger partial charge on any atom is 0.163 e. The number of hydrogen-bond acceptors (Lipinski definition) is 4. The van der Waals surface area contributed by atoms with Gasteiger partial charge in [0.1, 0.15) is 18.7 Å². The first kappa shape index (κ1) is 11.6. The first-order valence-corrected chi connectivity index (χ1v) is 5.58. The van der Waals surface area contributed by atoms with E-state index < -0.39 is 0 Å². The van der Waals surface area contributed by atoms with E-state index in [4.69, 9.17) is 9.84 Å². The van der Waals surface area contributed by atoms with Gasteiger partial charge in [0.2, 0.25) is 0 Å². The van der Waals surface area contributed by atoms with Gasteiger partial charge in [-0.3, -0.25) is 4.57 Å². The molecule has 0 aliphatic heterocycles. The maximum absolute atomic E-state index is 9.09. The summed E-state index contributed by atoms with van der Waals surface area (Å²) in [6, 6.07) is 7.61. The van der Waals surface area contributed by atoms with Crippen molar-refractivity contribution < 1.29 is 9.84 Å². The molecule has 0 amide bonds. The third-order valence-corrected chi connectivity index (χ3v) is 2.35. The molecule has 2 rings (SSSR count). The molecule has 17 heavy (non-hydrogen) atoms. The van der Waals surface area contributed by atoms with E-state index in [1.807, 2.05) is 24.3 Å². The fraction of sp³-hybridized carbons (Fsp3) is 0.333. The molecule has 1 aromatic carbocycles. The van der Waals surface area contributed by atoms with Gasteiger partial charge in [-0.25, -0.2) is 0 Å². The maximum atomic E-state index is 9.09. The highest BCUT2D eigenvalue weighted by Gasteiger charge is 2.04. The second kappa shape index (κ2) is 5.45. The SMILES string of the molecule is CCCOc1ccc(-n2cnnc2CO)cc1. The summed E-state index contributed by atoms with van der Waals surface area (Å²) in [6.07, 6.45) is 2.56. The van der Waals surface area contributed by atoms with Gasteiger partial charge in [0, 0.05) is 5.69 Å². The van der Waals surface area contributed by atoms with Gasteiger partial charge in [-0.1, -0.05) is 6.92 Å². The molecule has 0 spiro atoms. The van der Waals surface area contributed by atoms with E-state index in [1.165, 1.54) is 0 Å². The van der Waals surface area contributed by atoms with Crippen LogP contribution in [0.2, 0.25) is 0 Å². The minimum absolute atomic E-state index is 0.131. The van der Waals surface area contributed by atoms with Crippen molar-refractivity contribution in [3.63, 3.8) is 0 Å². The van der Waals surface area contributed by atoms with Gasteiger partial charge in [0.25, 0.3) is 0 Å². The summed E-state index contributed by atoms with van der Waals surface area (Å²) in [4.78, 5) is 0. The molecule has 0 aliphatic rings. The van der Waals surface area contributed by atoms with Crippen molar-refractivity contribution in [3.8, 4) is 11.4 Å². The van der Waals surface area contributed by atoms with Gasteiger partial charge in [-0.2, -0.15) is 0 Å². The molecule has 1 aromatic heterocycles. The molecule has 0 aliphatic carbocycles. The number of aliphatic hydroxyl groups excluding tert-OH is 1. The monoisotopic (exact) mass is 233 g/mol. The molecule has 1 heterocycles. The topological polar surface area (TPSA) is 60.2 Å². The van der Waals surface area contributed by atoms with E-state index in [-0.39, 0.29) is 6.61 Å². The highest BCUT2D eigenvalue weighted by Crippen LogP contribution is 2.16. The summed E-state index contributed by atoms with van der Waals surface area (Å²) in [5.74, 6) is 1.36. The summed E-state index contributed by atoms with van der Waals surface area (Å²) in [6.45, 7) is 2.65. The molecule has 0 saturated carbocycles. The molecule has 90 valence electrons. The number of aromatic nitrogens is 3. The number of hydrogen-bond donors (Lipinski definition) is 1. The largest absolute Gasteiger partial charge is 0.494 e. The van der Waals surface area contributed by atoms with Gasteiger partial charge in [-0.15, -0.1) is 10.2 Å². The van der Waals surface area contributed by atoms with Gasteiger partial charge < -0.3 is 9.84 Å². The second-order valence-electron chi connectivity index (χ2n) is 3.62. The summed E-state index contributed by atoms with van der Waals surface area (Å²) in [5.41, 5.74) is 0.905. The molecule has 2 aromatic rings. The lowest BCUT2D eigenvalue weighted by molar-refractivity contribution is 0.269. The van der Waals surface area contributed by atoms with Crippen molar-refractivity contribution in [3.05, 3.63) is 36.4 Å². The van der Waals surface area contributed by atoms with E-state index >= 15 is 0 Å². The Morgan fingerprint density at radius 3 is 2.71 bits per heavy atom. The number of benzene rings is 1. The van der Waals surface area contributed by atoms with E-state index in [0.717, 1.165) is 17.9 Å². The summed E-state index contributed by atoms with van der Waals surface area (Å²) in [5, 5.41) is 16.7. The van der Waals surface area contributed by atoms with Gasteiger partial charge >= 0.3 is 0 Å². The summed E-state index contributed by atoms with van der Waals surface area (Å²) >= 11 is 0. The van der Waals surface area contributed by atoms with Crippen LogP contribution in [-0.4, -0.2) is 26.5 Å². The van der Waals surface area contributed by atoms with Gasteiger partial charge in [0.05, 0.1) is 6.61 Å². The van der Waals surface area contributed by atoms with Crippen LogP contribution >= 0.6 is 0 Å². The molecular weight excluding hydrogens is 218 g/mol. The number of rotatable bonds is 5. The van der Waals surface area contributed by atoms with Crippen LogP contribution in [0.3, 0.4) is 0 Å². The third kappa shape index (κ3) is 2.62. The summed E-state index contributed by atoms with van der Waals surface area (Å²) in [7, 11) is 0. The van der Waals surface area contributed by atoms with Crippen molar-refractivity contribution in [1.82, 2.24) is 14.8 Å². The predicted octanol–water partition coefficient (Wildman–Crippen LogP) is 1.55. The highest BCUT2D eigenvalue weighted by molar-refractivity contribution is 5.37. The van der Waals surface area contributed by atoms with Crippen molar-refractivity contribution >= 4 is 0 Å². The highest BCUT2D eigenvalue weighted by atomic mass is 16.5. The van der Waals surface area contributed by atoms with Crippen LogP contribution in [0.5, 0.6) is 5.75 Å². The van der Waals surface area contributed by atoms with Crippen LogP contribution in [0.15, 0.2) is 30.6 Å². The smallest absolute Gasteiger partial charge is 0.163 e. The van der Waals surface area contributed by atoms with E-state index in [2.05, 4.69) is 17.1 Å². The van der Waals surface area contributed by atoms with E-state index in [1.54, 1.807) is 10.9 Å². The van der Waals surface area contributed by atoms with Crippen LogP contribution < -0.4 is 4.74 Å². The Labute approximate surface area is 99.7 Å². The molecule has 0 saturated heterocycles. The molecule has 0 radical (unpaired) electrons. The molecule has 0 atom stereocenters. The van der Waals surface area contributed by atoms with Crippen LogP contribution in [0.1, 0.15) is 19.2 Å². The van der Waals surface area contributed by atoms with E-state index in [9.17, 15) is 0 Å². The Morgan fingerprint density at radius 2 is 2.06 bits per heavy atom. The first-order valence-electron chi connectivity index (χ1n) is 5.58. The molecule has 0 bridgehead atoms. The average molecular weight is 233 g/mol. The molecule has 5 heteroatoms. The normalized spacial score (nSPS) is 10.5. The Balaban J connectivity index is 2.17. The molecule has 0 unspecified atom stereocenters. The van der Waals surface area contributed by atoms with Crippen LogP contribution in [0.25, 0.3) is 5.69 Å². The second-order valence-corrected chi connectivity index (χ2v) is 3.62. The molecule has 0 fully saturated rings. The van der Waals surface area contributed by atoms with Crippen LogP contribution in [0.4, 0.5) is 0 Å². The Hall–Kier alpha value is -1.88. The van der Waals surface area contributed by atoms with Crippen LogP contribution in [-0.2, 0) is 6.61 Å². The molecular formula is C12H15N3O2. The summed E-state index contributed by atoms with van der Waals surface area (Å²) < 4.78 is 7.23. The lowest BCUT2D eigenvalue weighted by Gasteiger charge is -2.07. The van der Waals surface area contributed by atoms with Crippen molar-refractivity contribution in [2.45, 2.75) is 20.0 Å². The van der Waals surface area contributed by atoms with Gasteiger partial charge in [-0.05, 0) is 30.7 Å². The fourth-order valence-corrected chi connectivity index (χ4v) is 1.51.